The fourth-order valence-corrected chi connectivity index (χ4v) is 4.52. The molecule has 5 rings (SSSR count). The zero-order valence-corrected chi connectivity index (χ0v) is 19.3. The largest absolute Gasteiger partial charge is 0.384 e. The maximum atomic E-state index is 13.1. The molecule has 4 N–H and O–H groups in total. The van der Waals surface area contributed by atoms with Crippen molar-refractivity contribution in [2.75, 3.05) is 18.4 Å². The van der Waals surface area contributed by atoms with Gasteiger partial charge in [0.1, 0.15) is 6.04 Å². The second kappa shape index (κ2) is 9.61. The number of hydrogen-bond acceptors (Lipinski definition) is 7. The van der Waals surface area contributed by atoms with Gasteiger partial charge in [0.2, 0.25) is 11.8 Å². The number of unbranched alkanes of at least 4 members (excludes halogenated alkanes) is 1. The fraction of sp³-hybridized carbons (Fsp3) is 0.280. The summed E-state index contributed by atoms with van der Waals surface area (Å²) in [5.74, 6) is -2.30. The van der Waals surface area contributed by atoms with Gasteiger partial charge in [-0.25, -0.2) is 4.98 Å². The molecule has 5 amide bonds. The molecule has 11 heteroatoms. The molecule has 1 unspecified atom stereocenters. The number of benzene rings is 2. The van der Waals surface area contributed by atoms with Gasteiger partial charge in [-0.05, 0) is 49.6 Å². The zero-order valence-electron chi connectivity index (χ0n) is 19.3. The monoisotopic (exact) mass is 488 g/mol. The highest BCUT2D eigenvalue weighted by Gasteiger charge is 2.45. The summed E-state index contributed by atoms with van der Waals surface area (Å²) in [4.78, 5) is 70.2. The van der Waals surface area contributed by atoms with E-state index in [2.05, 4.69) is 25.9 Å². The average Bonchev–Trinajstić information content (AvgIpc) is 3.44. The predicted molar refractivity (Wildman–Crippen MR) is 129 cm³/mol. The quantitative estimate of drug-likeness (QED) is 0.277. The summed E-state index contributed by atoms with van der Waals surface area (Å²) in [5, 5.41) is 8.28. The highest BCUT2D eigenvalue weighted by atomic mass is 16.2. The molecule has 184 valence electrons. The predicted octanol–water partition coefficient (Wildman–Crippen LogP) is 1.59. The van der Waals surface area contributed by atoms with Crippen molar-refractivity contribution in [2.24, 2.45) is 0 Å². The standard InChI is InChI=1S/C25H24N6O5/c32-20-9-8-19(23(34)30-20)31-24(35)15-4-3-5-17(21(15)25(31)36)26-10-1-2-11-27-22(33)14-6-7-16-18(12-14)29-13-28-16/h3-7,12-13,19,26H,1-2,8-11H2,(H,27,33)(H,28,29)(H,30,32,34). The Balaban J connectivity index is 1.14. The number of hydrogen-bond donors (Lipinski definition) is 4. The van der Waals surface area contributed by atoms with Crippen LogP contribution in [-0.2, 0) is 9.59 Å². The molecule has 36 heavy (non-hydrogen) atoms. The number of piperidine rings is 1. The summed E-state index contributed by atoms with van der Waals surface area (Å²) >= 11 is 0. The third kappa shape index (κ3) is 4.30. The van der Waals surface area contributed by atoms with E-state index in [4.69, 9.17) is 0 Å². The lowest BCUT2D eigenvalue weighted by molar-refractivity contribution is -0.136. The van der Waals surface area contributed by atoms with Crippen LogP contribution >= 0.6 is 0 Å². The minimum atomic E-state index is -0.999. The second-order valence-electron chi connectivity index (χ2n) is 8.70. The molecule has 0 aliphatic carbocycles. The number of rotatable bonds is 8. The average molecular weight is 489 g/mol. The lowest BCUT2D eigenvalue weighted by Gasteiger charge is -2.27. The number of carbonyl (C=O) groups excluding carboxylic acids is 5. The molecule has 11 nitrogen and oxygen atoms in total. The molecule has 3 aromatic rings. The van der Waals surface area contributed by atoms with Gasteiger partial charge in [-0.3, -0.25) is 34.2 Å². The molecule has 0 saturated carbocycles. The third-order valence-corrected chi connectivity index (χ3v) is 6.36. The minimum Gasteiger partial charge on any atom is -0.384 e. The van der Waals surface area contributed by atoms with Crippen LogP contribution in [0.2, 0.25) is 0 Å². The molecular weight excluding hydrogens is 464 g/mol. The fourth-order valence-electron chi connectivity index (χ4n) is 4.52. The van der Waals surface area contributed by atoms with E-state index in [9.17, 15) is 24.0 Å². The number of aromatic nitrogens is 2. The number of H-pyrrole nitrogens is 1. The van der Waals surface area contributed by atoms with Crippen LogP contribution in [0.4, 0.5) is 5.69 Å². The first kappa shape index (κ1) is 23.2. The Hall–Kier alpha value is -4.54. The van der Waals surface area contributed by atoms with Gasteiger partial charge >= 0.3 is 0 Å². The highest BCUT2D eigenvalue weighted by Crippen LogP contribution is 2.32. The van der Waals surface area contributed by atoms with E-state index in [1.165, 1.54) is 0 Å². The number of amides is 5. The Bertz CT molecular complexity index is 1400. The summed E-state index contributed by atoms with van der Waals surface area (Å²) < 4.78 is 0. The molecular formula is C25H24N6O5. The van der Waals surface area contributed by atoms with Crippen LogP contribution < -0.4 is 16.0 Å². The molecule has 3 heterocycles. The normalized spacial score (nSPS) is 17.3. The Morgan fingerprint density at radius 3 is 2.72 bits per heavy atom. The first-order valence-electron chi connectivity index (χ1n) is 11.7. The summed E-state index contributed by atoms with van der Waals surface area (Å²) in [7, 11) is 0. The maximum Gasteiger partial charge on any atom is 0.264 e. The van der Waals surface area contributed by atoms with Crippen LogP contribution in [0.25, 0.3) is 11.0 Å². The van der Waals surface area contributed by atoms with Crippen LogP contribution in [-0.4, -0.2) is 63.5 Å². The minimum absolute atomic E-state index is 0.0727. The summed E-state index contributed by atoms with van der Waals surface area (Å²) in [5.41, 5.74) is 3.12. The molecule has 0 radical (unpaired) electrons. The summed E-state index contributed by atoms with van der Waals surface area (Å²) in [6, 6.07) is 9.22. The van der Waals surface area contributed by atoms with Crippen molar-refractivity contribution in [3.63, 3.8) is 0 Å². The molecule has 1 fully saturated rings. The molecule has 0 bridgehead atoms. The van der Waals surface area contributed by atoms with Crippen molar-refractivity contribution < 1.29 is 24.0 Å². The first-order chi connectivity index (χ1) is 17.4. The van der Waals surface area contributed by atoms with Gasteiger partial charge in [-0.15, -0.1) is 0 Å². The van der Waals surface area contributed by atoms with Crippen LogP contribution in [0.1, 0.15) is 56.8 Å². The number of nitrogens with zero attached hydrogens (tertiary/aromatic N) is 2. The van der Waals surface area contributed by atoms with Crippen molar-refractivity contribution in [1.29, 1.82) is 0 Å². The van der Waals surface area contributed by atoms with Crippen molar-refractivity contribution in [3.05, 3.63) is 59.4 Å². The molecule has 1 aromatic heterocycles. The van der Waals surface area contributed by atoms with Crippen LogP contribution in [0, 0.1) is 0 Å². The molecule has 1 atom stereocenters. The van der Waals surface area contributed by atoms with Crippen molar-refractivity contribution in [2.45, 2.75) is 31.7 Å². The highest BCUT2D eigenvalue weighted by molar-refractivity contribution is 6.25. The SMILES string of the molecule is O=C1CCC(N2C(=O)c3cccc(NCCCCNC(=O)c4ccc5nc[nH]c5c4)c3C2=O)C(=O)N1. The van der Waals surface area contributed by atoms with Crippen molar-refractivity contribution in [1.82, 2.24) is 25.5 Å². The number of aromatic amines is 1. The van der Waals surface area contributed by atoms with Gasteiger partial charge in [-0.1, -0.05) is 6.07 Å². The lowest BCUT2D eigenvalue weighted by Crippen LogP contribution is -2.54. The van der Waals surface area contributed by atoms with E-state index in [-0.39, 0.29) is 29.9 Å². The Morgan fingerprint density at radius 2 is 1.89 bits per heavy atom. The Kier molecular flexibility index (Phi) is 6.19. The van der Waals surface area contributed by atoms with Crippen LogP contribution in [0.15, 0.2) is 42.7 Å². The van der Waals surface area contributed by atoms with E-state index < -0.39 is 29.7 Å². The van der Waals surface area contributed by atoms with Gasteiger partial charge < -0.3 is 15.6 Å². The van der Waals surface area contributed by atoms with Crippen LogP contribution in [0.5, 0.6) is 0 Å². The second-order valence-corrected chi connectivity index (χ2v) is 8.70. The number of nitrogens with one attached hydrogen (secondary N) is 4. The smallest absolute Gasteiger partial charge is 0.264 e. The molecule has 2 aliphatic rings. The Labute approximate surface area is 205 Å². The number of imide groups is 2. The number of imidazole rings is 1. The molecule has 2 aliphatic heterocycles. The van der Waals surface area contributed by atoms with E-state index in [1.807, 2.05) is 0 Å². The summed E-state index contributed by atoms with van der Waals surface area (Å²) in [6.45, 7) is 1.00. The molecule has 0 spiro atoms. The summed E-state index contributed by atoms with van der Waals surface area (Å²) in [6.07, 6.45) is 3.18. The third-order valence-electron chi connectivity index (χ3n) is 6.36. The van der Waals surface area contributed by atoms with Crippen molar-refractivity contribution in [3.8, 4) is 0 Å². The maximum absolute atomic E-state index is 13.1. The zero-order chi connectivity index (χ0) is 25.2. The van der Waals surface area contributed by atoms with E-state index in [1.54, 1.807) is 42.7 Å². The number of carbonyl (C=O) groups is 5. The van der Waals surface area contributed by atoms with Gasteiger partial charge in [0.15, 0.2) is 0 Å². The molecule has 1 saturated heterocycles. The molecule has 2 aromatic carbocycles. The van der Waals surface area contributed by atoms with Gasteiger partial charge in [0, 0.05) is 30.8 Å². The van der Waals surface area contributed by atoms with E-state index in [0.29, 0.717) is 37.2 Å². The van der Waals surface area contributed by atoms with Gasteiger partial charge in [0.25, 0.3) is 17.7 Å². The lowest BCUT2D eigenvalue weighted by atomic mass is 10.0. The number of fused-ring (bicyclic) bond motifs is 2. The Morgan fingerprint density at radius 1 is 1.06 bits per heavy atom. The van der Waals surface area contributed by atoms with Crippen molar-refractivity contribution >= 4 is 46.3 Å². The topological polar surface area (TPSA) is 153 Å². The van der Waals surface area contributed by atoms with Gasteiger partial charge in [0.05, 0.1) is 28.5 Å². The van der Waals surface area contributed by atoms with Crippen LogP contribution in [0.3, 0.4) is 0 Å². The van der Waals surface area contributed by atoms with Gasteiger partial charge in [-0.2, -0.15) is 0 Å². The first-order valence-corrected chi connectivity index (χ1v) is 11.7. The number of anilines is 1. The van der Waals surface area contributed by atoms with E-state index in [0.717, 1.165) is 15.9 Å². The van der Waals surface area contributed by atoms with E-state index >= 15 is 0 Å².